The zero-order chi connectivity index (χ0) is 9.02. The molecule has 0 rings (SSSR count). The van der Waals surface area contributed by atoms with Gasteiger partial charge in [-0.25, -0.2) is 0 Å². The van der Waals surface area contributed by atoms with Gasteiger partial charge in [0.1, 0.15) is 0 Å². The Kier molecular flexibility index (Phi) is 3.79. The normalized spacial score (nSPS) is 12.8. The van der Waals surface area contributed by atoms with Gasteiger partial charge >= 0.3 is 0 Å². The molecule has 0 N–H and O–H groups in total. The molecular formula is C8H15NO2. The van der Waals surface area contributed by atoms with Crippen LogP contribution in [0.1, 0.15) is 20.8 Å². The molecule has 0 heterocycles. The van der Waals surface area contributed by atoms with E-state index in [-0.39, 0.29) is 17.7 Å². The van der Waals surface area contributed by atoms with Gasteiger partial charge in [-0.2, -0.15) is 0 Å². The second-order valence-electron chi connectivity index (χ2n) is 3.09. The topological polar surface area (TPSA) is 37.4 Å². The number of carbonyl (C=O) groups is 2. The molecule has 2 amide bonds. The fraction of sp³-hybridized carbons (Fsp3) is 0.750. The minimum Gasteiger partial charge on any atom is -0.288 e. The van der Waals surface area contributed by atoms with E-state index in [1.807, 2.05) is 20.8 Å². The van der Waals surface area contributed by atoms with Gasteiger partial charge in [-0.3, -0.25) is 14.5 Å². The van der Waals surface area contributed by atoms with E-state index in [4.69, 9.17) is 0 Å². The molecule has 1 unspecified atom stereocenters. The monoisotopic (exact) mass is 157 g/mol. The largest absolute Gasteiger partial charge is 0.288 e. The molecule has 0 saturated heterocycles. The smallest absolute Gasteiger partial charge is 0.231 e. The second kappa shape index (κ2) is 4.11. The van der Waals surface area contributed by atoms with Crippen LogP contribution in [-0.2, 0) is 9.59 Å². The van der Waals surface area contributed by atoms with Gasteiger partial charge in [0, 0.05) is 13.0 Å². The minimum atomic E-state index is -0.116. The third-order valence-electron chi connectivity index (χ3n) is 1.90. The van der Waals surface area contributed by atoms with Crippen molar-refractivity contribution in [3.05, 3.63) is 0 Å². The van der Waals surface area contributed by atoms with E-state index in [1.54, 1.807) is 0 Å². The lowest BCUT2D eigenvalue weighted by Crippen LogP contribution is -2.32. The standard InChI is InChI=1S/C8H15NO2/c1-6(2)7(3)8(11)9(4)5-10/h5-7H,1-4H3. The van der Waals surface area contributed by atoms with Gasteiger partial charge < -0.3 is 0 Å². The molecule has 0 spiro atoms. The Balaban J connectivity index is 4.12. The van der Waals surface area contributed by atoms with Crippen molar-refractivity contribution in [2.45, 2.75) is 20.8 Å². The van der Waals surface area contributed by atoms with Crippen LogP contribution in [0.15, 0.2) is 0 Å². The lowest BCUT2D eigenvalue weighted by molar-refractivity contribution is -0.140. The molecule has 0 aliphatic carbocycles. The second-order valence-corrected chi connectivity index (χ2v) is 3.09. The summed E-state index contributed by atoms with van der Waals surface area (Å²) >= 11 is 0. The first-order valence-corrected chi connectivity index (χ1v) is 3.72. The Bertz CT molecular complexity index is 154. The minimum absolute atomic E-state index is 0.0785. The molecule has 0 aliphatic heterocycles. The van der Waals surface area contributed by atoms with Gasteiger partial charge in [0.25, 0.3) is 0 Å². The van der Waals surface area contributed by atoms with E-state index in [1.165, 1.54) is 7.05 Å². The molecule has 64 valence electrons. The fourth-order valence-corrected chi connectivity index (χ4v) is 0.658. The average Bonchev–Trinajstić information content (AvgIpc) is 2.00. The SMILES string of the molecule is CC(C)C(C)C(=O)N(C)C=O. The van der Waals surface area contributed by atoms with E-state index in [0.717, 1.165) is 4.90 Å². The van der Waals surface area contributed by atoms with Crippen molar-refractivity contribution in [2.24, 2.45) is 11.8 Å². The van der Waals surface area contributed by atoms with Gasteiger partial charge in [-0.1, -0.05) is 20.8 Å². The maximum atomic E-state index is 11.2. The van der Waals surface area contributed by atoms with Crippen LogP contribution in [-0.4, -0.2) is 24.3 Å². The van der Waals surface area contributed by atoms with Crippen molar-refractivity contribution in [3.63, 3.8) is 0 Å². The quantitative estimate of drug-likeness (QED) is 0.571. The molecular weight excluding hydrogens is 142 g/mol. The lowest BCUT2D eigenvalue weighted by atomic mass is 9.97. The molecule has 0 aromatic carbocycles. The number of hydrogen-bond acceptors (Lipinski definition) is 2. The number of amides is 2. The van der Waals surface area contributed by atoms with E-state index in [9.17, 15) is 9.59 Å². The molecule has 0 aromatic heterocycles. The predicted octanol–water partition coefficient (Wildman–Crippen LogP) is 0.893. The summed E-state index contributed by atoms with van der Waals surface area (Å²) in [5, 5.41) is 0. The van der Waals surface area contributed by atoms with Crippen molar-refractivity contribution < 1.29 is 9.59 Å². The Morgan fingerprint density at radius 2 is 1.82 bits per heavy atom. The molecule has 3 nitrogen and oxygen atoms in total. The van der Waals surface area contributed by atoms with Gasteiger partial charge in [0.15, 0.2) is 0 Å². The van der Waals surface area contributed by atoms with Crippen LogP contribution in [0.25, 0.3) is 0 Å². The summed E-state index contributed by atoms with van der Waals surface area (Å²) in [6, 6.07) is 0. The summed E-state index contributed by atoms with van der Waals surface area (Å²) in [7, 11) is 1.48. The molecule has 3 heteroatoms. The van der Waals surface area contributed by atoms with Gasteiger partial charge in [-0.15, -0.1) is 0 Å². The summed E-state index contributed by atoms with van der Waals surface area (Å²) in [6.45, 7) is 5.75. The predicted molar refractivity (Wildman–Crippen MR) is 42.8 cm³/mol. The number of rotatable bonds is 3. The molecule has 0 aliphatic rings. The van der Waals surface area contributed by atoms with Crippen molar-refractivity contribution in [1.29, 1.82) is 0 Å². The number of hydrogen-bond donors (Lipinski definition) is 0. The summed E-state index contributed by atoms with van der Waals surface area (Å²) in [5.74, 6) is 0.0881. The van der Waals surface area contributed by atoms with Crippen LogP contribution < -0.4 is 0 Å². The Morgan fingerprint density at radius 3 is 2.09 bits per heavy atom. The maximum Gasteiger partial charge on any atom is 0.231 e. The molecule has 11 heavy (non-hydrogen) atoms. The zero-order valence-corrected chi connectivity index (χ0v) is 7.50. The highest BCUT2D eigenvalue weighted by Crippen LogP contribution is 2.11. The number of carbonyl (C=O) groups excluding carboxylic acids is 2. The summed E-state index contributed by atoms with van der Waals surface area (Å²) in [5.41, 5.74) is 0. The van der Waals surface area contributed by atoms with Crippen molar-refractivity contribution in [3.8, 4) is 0 Å². The van der Waals surface area contributed by atoms with Crippen LogP contribution in [0, 0.1) is 11.8 Å². The lowest BCUT2D eigenvalue weighted by Gasteiger charge is -2.17. The zero-order valence-electron chi connectivity index (χ0n) is 7.50. The Hall–Kier alpha value is -0.860. The highest BCUT2D eigenvalue weighted by molar-refractivity contribution is 5.87. The highest BCUT2D eigenvalue weighted by atomic mass is 16.2. The summed E-state index contributed by atoms with van der Waals surface area (Å²) < 4.78 is 0. The molecule has 0 aromatic rings. The van der Waals surface area contributed by atoms with Crippen LogP contribution in [0.2, 0.25) is 0 Å². The van der Waals surface area contributed by atoms with Crippen LogP contribution in [0.4, 0.5) is 0 Å². The average molecular weight is 157 g/mol. The van der Waals surface area contributed by atoms with Gasteiger partial charge in [0.2, 0.25) is 12.3 Å². The number of nitrogens with zero attached hydrogens (tertiary/aromatic N) is 1. The van der Waals surface area contributed by atoms with Gasteiger partial charge in [-0.05, 0) is 5.92 Å². The summed E-state index contributed by atoms with van der Waals surface area (Å²) in [6.07, 6.45) is 0.543. The van der Waals surface area contributed by atoms with Crippen molar-refractivity contribution >= 4 is 12.3 Å². The summed E-state index contributed by atoms with van der Waals surface area (Å²) in [4.78, 5) is 22.5. The van der Waals surface area contributed by atoms with E-state index >= 15 is 0 Å². The first-order valence-electron chi connectivity index (χ1n) is 3.72. The van der Waals surface area contributed by atoms with Crippen molar-refractivity contribution in [2.75, 3.05) is 7.05 Å². The van der Waals surface area contributed by atoms with Crippen LogP contribution in [0.5, 0.6) is 0 Å². The molecule has 0 saturated carbocycles. The molecule has 1 atom stereocenters. The third-order valence-corrected chi connectivity index (χ3v) is 1.90. The van der Waals surface area contributed by atoms with E-state index in [2.05, 4.69) is 0 Å². The highest BCUT2D eigenvalue weighted by Gasteiger charge is 2.19. The Morgan fingerprint density at radius 1 is 1.36 bits per heavy atom. The van der Waals surface area contributed by atoms with Crippen LogP contribution >= 0.6 is 0 Å². The van der Waals surface area contributed by atoms with Crippen molar-refractivity contribution in [1.82, 2.24) is 4.90 Å². The van der Waals surface area contributed by atoms with Crippen LogP contribution in [0.3, 0.4) is 0 Å². The fourth-order valence-electron chi connectivity index (χ4n) is 0.658. The van der Waals surface area contributed by atoms with Gasteiger partial charge in [0.05, 0.1) is 0 Å². The third kappa shape index (κ3) is 2.70. The molecule has 0 radical (unpaired) electrons. The van der Waals surface area contributed by atoms with E-state index < -0.39 is 0 Å². The molecule has 0 bridgehead atoms. The molecule has 0 fully saturated rings. The maximum absolute atomic E-state index is 11.2. The van der Waals surface area contributed by atoms with E-state index in [0.29, 0.717) is 6.41 Å². The first-order chi connectivity index (χ1) is 5.00. The first kappa shape index (κ1) is 10.1. The Labute approximate surface area is 67.4 Å². The number of imide groups is 1.